The fourth-order valence-corrected chi connectivity index (χ4v) is 1.78. The lowest BCUT2D eigenvalue weighted by Gasteiger charge is -2.10. The van der Waals surface area contributed by atoms with E-state index in [-0.39, 0.29) is 0 Å². The summed E-state index contributed by atoms with van der Waals surface area (Å²) in [5, 5.41) is 14.3. The molecule has 0 aromatic carbocycles. The lowest BCUT2D eigenvalue weighted by atomic mass is 10.2. The summed E-state index contributed by atoms with van der Waals surface area (Å²) in [6.45, 7) is 2.67. The number of hydrogen-bond acceptors (Lipinski definition) is 5. The van der Waals surface area contributed by atoms with Crippen LogP contribution in [-0.2, 0) is 6.54 Å². The van der Waals surface area contributed by atoms with Crippen molar-refractivity contribution in [1.82, 2.24) is 29.9 Å². The van der Waals surface area contributed by atoms with Crippen LogP contribution in [0.25, 0.3) is 5.82 Å². The molecule has 0 bridgehead atoms. The van der Waals surface area contributed by atoms with Crippen LogP contribution in [0, 0.1) is 6.92 Å². The molecule has 0 amide bonds. The van der Waals surface area contributed by atoms with Crippen LogP contribution in [0.4, 0.5) is 5.69 Å². The van der Waals surface area contributed by atoms with Gasteiger partial charge in [0.1, 0.15) is 12.7 Å². The molecule has 3 aromatic rings. The normalized spacial score (nSPS) is 10.6. The molecule has 0 atom stereocenters. The topological polar surface area (TPSA) is 84.3 Å². The number of rotatable bonds is 4. The van der Waals surface area contributed by atoms with Gasteiger partial charge in [0.25, 0.3) is 0 Å². The highest BCUT2D eigenvalue weighted by atomic mass is 15.3. The average molecular weight is 255 g/mol. The minimum atomic E-state index is 0.676. The van der Waals surface area contributed by atoms with E-state index in [0.29, 0.717) is 6.54 Å². The maximum atomic E-state index is 4.32. The molecule has 0 aliphatic carbocycles. The third kappa shape index (κ3) is 2.30. The Balaban J connectivity index is 1.84. The van der Waals surface area contributed by atoms with Gasteiger partial charge in [-0.25, -0.2) is 14.6 Å². The van der Waals surface area contributed by atoms with Crippen molar-refractivity contribution in [2.24, 2.45) is 0 Å². The SMILES string of the molecule is Cc1[nH]ncc1CNc1cccnc1-n1cncn1. The largest absolute Gasteiger partial charge is 0.378 e. The zero-order valence-electron chi connectivity index (χ0n) is 10.4. The van der Waals surface area contributed by atoms with E-state index in [9.17, 15) is 0 Å². The second kappa shape index (κ2) is 4.89. The first kappa shape index (κ1) is 11.4. The van der Waals surface area contributed by atoms with Gasteiger partial charge in [-0.05, 0) is 19.1 Å². The Morgan fingerprint density at radius 3 is 3.11 bits per heavy atom. The molecule has 0 saturated carbocycles. The molecule has 2 N–H and O–H groups in total. The van der Waals surface area contributed by atoms with Gasteiger partial charge in [0, 0.05) is 24.0 Å². The quantitative estimate of drug-likeness (QED) is 0.734. The van der Waals surface area contributed by atoms with Crippen LogP contribution in [0.2, 0.25) is 0 Å². The molecule has 0 radical (unpaired) electrons. The summed E-state index contributed by atoms with van der Waals surface area (Å²) in [5.74, 6) is 0.723. The van der Waals surface area contributed by atoms with E-state index < -0.39 is 0 Å². The van der Waals surface area contributed by atoms with Gasteiger partial charge in [-0.1, -0.05) is 0 Å². The Bertz CT molecular complexity index is 656. The molecule has 0 unspecified atom stereocenters. The average Bonchev–Trinajstić information content (AvgIpc) is 3.08. The highest BCUT2D eigenvalue weighted by Crippen LogP contribution is 2.17. The van der Waals surface area contributed by atoms with Crippen molar-refractivity contribution in [1.29, 1.82) is 0 Å². The Hall–Kier alpha value is -2.70. The zero-order chi connectivity index (χ0) is 13.1. The Labute approximate surface area is 109 Å². The van der Waals surface area contributed by atoms with Crippen LogP contribution >= 0.6 is 0 Å². The van der Waals surface area contributed by atoms with E-state index in [4.69, 9.17) is 0 Å². The summed E-state index contributed by atoms with van der Waals surface area (Å²) in [6.07, 6.45) is 6.65. The van der Waals surface area contributed by atoms with Gasteiger partial charge >= 0.3 is 0 Å². The van der Waals surface area contributed by atoms with E-state index in [1.807, 2.05) is 25.3 Å². The molecule has 0 aliphatic heterocycles. The highest BCUT2D eigenvalue weighted by Gasteiger charge is 2.07. The van der Waals surface area contributed by atoms with Crippen molar-refractivity contribution < 1.29 is 0 Å². The number of nitrogens with zero attached hydrogens (tertiary/aromatic N) is 5. The van der Waals surface area contributed by atoms with Crippen molar-refractivity contribution in [3.63, 3.8) is 0 Å². The van der Waals surface area contributed by atoms with E-state index in [1.54, 1.807) is 17.2 Å². The summed E-state index contributed by atoms with van der Waals surface area (Å²) in [7, 11) is 0. The van der Waals surface area contributed by atoms with Crippen LogP contribution in [0.1, 0.15) is 11.3 Å². The predicted molar refractivity (Wildman–Crippen MR) is 69.8 cm³/mol. The molecule has 3 heterocycles. The first-order valence-electron chi connectivity index (χ1n) is 5.87. The number of pyridine rings is 1. The van der Waals surface area contributed by atoms with E-state index in [0.717, 1.165) is 22.8 Å². The third-order valence-electron chi connectivity index (χ3n) is 2.83. The molecule has 3 rings (SSSR count). The van der Waals surface area contributed by atoms with Crippen LogP contribution in [0.3, 0.4) is 0 Å². The molecule has 0 fully saturated rings. The number of hydrogen-bond donors (Lipinski definition) is 2. The van der Waals surface area contributed by atoms with E-state index >= 15 is 0 Å². The zero-order valence-corrected chi connectivity index (χ0v) is 10.4. The predicted octanol–water partition coefficient (Wildman–Crippen LogP) is 1.31. The summed E-state index contributed by atoms with van der Waals surface area (Å²) >= 11 is 0. The fourth-order valence-electron chi connectivity index (χ4n) is 1.78. The minimum Gasteiger partial charge on any atom is -0.378 e. The van der Waals surface area contributed by atoms with Gasteiger partial charge < -0.3 is 5.32 Å². The van der Waals surface area contributed by atoms with Gasteiger partial charge in [-0.3, -0.25) is 5.10 Å². The first-order chi connectivity index (χ1) is 9.34. The van der Waals surface area contributed by atoms with Gasteiger partial charge in [0.2, 0.25) is 0 Å². The second-order valence-electron chi connectivity index (χ2n) is 4.09. The van der Waals surface area contributed by atoms with Crippen molar-refractivity contribution in [2.75, 3.05) is 5.32 Å². The van der Waals surface area contributed by atoms with E-state index in [1.165, 1.54) is 6.33 Å². The maximum Gasteiger partial charge on any atom is 0.178 e. The molecule has 96 valence electrons. The summed E-state index contributed by atoms with van der Waals surface area (Å²) in [4.78, 5) is 8.25. The van der Waals surface area contributed by atoms with Gasteiger partial charge in [-0.2, -0.15) is 10.2 Å². The van der Waals surface area contributed by atoms with Gasteiger partial charge in [0.05, 0.1) is 11.9 Å². The lowest BCUT2D eigenvalue weighted by molar-refractivity contribution is 0.844. The molecular formula is C12H13N7. The third-order valence-corrected chi connectivity index (χ3v) is 2.83. The number of H-pyrrole nitrogens is 1. The number of aryl methyl sites for hydroxylation is 1. The van der Waals surface area contributed by atoms with Crippen molar-refractivity contribution in [2.45, 2.75) is 13.5 Å². The molecule has 19 heavy (non-hydrogen) atoms. The van der Waals surface area contributed by atoms with Crippen LogP contribution in [-0.4, -0.2) is 29.9 Å². The number of nitrogens with one attached hydrogen (secondary N) is 2. The van der Waals surface area contributed by atoms with Crippen LogP contribution in [0.5, 0.6) is 0 Å². The van der Waals surface area contributed by atoms with Crippen LogP contribution < -0.4 is 5.32 Å². The molecule has 0 aliphatic rings. The van der Waals surface area contributed by atoms with Crippen molar-refractivity contribution in [3.05, 3.63) is 48.4 Å². The molecule has 0 spiro atoms. The smallest absolute Gasteiger partial charge is 0.178 e. The molecule has 3 aromatic heterocycles. The monoisotopic (exact) mass is 255 g/mol. The summed E-state index contributed by atoms with van der Waals surface area (Å²) in [5.41, 5.74) is 3.07. The maximum absolute atomic E-state index is 4.32. The van der Waals surface area contributed by atoms with Gasteiger partial charge in [-0.15, -0.1) is 0 Å². The summed E-state index contributed by atoms with van der Waals surface area (Å²) < 4.78 is 1.63. The van der Waals surface area contributed by atoms with Crippen LogP contribution in [0.15, 0.2) is 37.2 Å². The Morgan fingerprint density at radius 2 is 2.37 bits per heavy atom. The number of anilines is 1. The molecule has 0 saturated heterocycles. The first-order valence-corrected chi connectivity index (χ1v) is 5.87. The second-order valence-corrected chi connectivity index (χ2v) is 4.09. The Kier molecular flexibility index (Phi) is 2.93. The number of aromatic nitrogens is 6. The molecule has 7 heteroatoms. The molecule has 7 nitrogen and oxygen atoms in total. The van der Waals surface area contributed by atoms with Crippen molar-refractivity contribution in [3.8, 4) is 5.82 Å². The standard InChI is InChI=1S/C12H13N7/c1-9-10(6-16-18-9)5-15-11-3-2-4-14-12(11)19-8-13-7-17-19/h2-4,6-8,15H,5H2,1H3,(H,16,18). The van der Waals surface area contributed by atoms with Gasteiger partial charge in [0.15, 0.2) is 5.82 Å². The van der Waals surface area contributed by atoms with E-state index in [2.05, 4.69) is 30.6 Å². The van der Waals surface area contributed by atoms with Crippen molar-refractivity contribution >= 4 is 5.69 Å². The number of aromatic amines is 1. The lowest BCUT2D eigenvalue weighted by Crippen LogP contribution is -2.06. The summed E-state index contributed by atoms with van der Waals surface area (Å²) in [6, 6.07) is 3.84. The molecular weight excluding hydrogens is 242 g/mol. The minimum absolute atomic E-state index is 0.676. The highest BCUT2D eigenvalue weighted by molar-refractivity contribution is 5.56. The Morgan fingerprint density at radius 1 is 1.42 bits per heavy atom. The fraction of sp³-hybridized carbons (Fsp3) is 0.167.